The Morgan fingerprint density at radius 2 is 1.92 bits per heavy atom. The van der Waals surface area contributed by atoms with Crippen LogP contribution in [-0.4, -0.2) is 29.5 Å². The molecule has 0 saturated carbocycles. The van der Waals surface area contributed by atoms with Crippen molar-refractivity contribution in [1.82, 2.24) is 0 Å². The molecule has 0 amide bonds. The average Bonchev–Trinajstić information content (AvgIpc) is 2.11. The van der Waals surface area contributed by atoms with Crippen molar-refractivity contribution >= 4 is 30.4 Å². The van der Waals surface area contributed by atoms with Crippen LogP contribution >= 0.6 is 12.6 Å². The molecular weight excluding hydrogens is 198 g/mol. The maximum atomic E-state index is 10.7. The van der Waals surface area contributed by atoms with Gasteiger partial charge in [0.15, 0.2) is 0 Å². The first-order valence-electron chi connectivity index (χ1n) is 3.28. The van der Waals surface area contributed by atoms with Crippen LogP contribution in [0.1, 0.15) is 6.92 Å². The summed E-state index contributed by atoms with van der Waals surface area (Å²) in [5, 5.41) is 0. The Morgan fingerprint density at radius 3 is 2.31 bits per heavy atom. The molecule has 0 aromatic carbocycles. The molecule has 74 valence electrons. The minimum atomic E-state index is -1.25. The molecule has 0 fully saturated rings. The molecule has 0 saturated heterocycles. The first-order valence-corrected chi connectivity index (χ1v) is 3.92. The van der Waals surface area contributed by atoms with Gasteiger partial charge in [-0.15, -0.1) is 0 Å². The third-order valence-corrected chi connectivity index (χ3v) is 1.38. The number of ketones is 1. The van der Waals surface area contributed by atoms with Gasteiger partial charge in [-0.1, -0.05) is 0 Å². The summed E-state index contributed by atoms with van der Waals surface area (Å²) in [6, 6.07) is -0.983. The van der Waals surface area contributed by atoms with Gasteiger partial charge in [-0.05, 0) is 0 Å². The number of carbonyl (C=O) groups is 3. The summed E-state index contributed by atoms with van der Waals surface area (Å²) in [7, 11) is 0. The topological polar surface area (TPSA) is 95.7 Å². The van der Waals surface area contributed by atoms with Crippen molar-refractivity contribution in [2.45, 2.75) is 13.0 Å². The van der Waals surface area contributed by atoms with Gasteiger partial charge in [0.25, 0.3) is 0 Å². The molecule has 0 heterocycles. The molecular formula is C6H9NO5S. The van der Waals surface area contributed by atoms with Gasteiger partial charge in [-0.2, -0.15) is 12.6 Å². The van der Waals surface area contributed by atoms with Crippen molar-refractivity contribution in [3.05, 3.63) is 0 Å². The second-order valence-corrected chi connectivity index (χ2v) is 2.48. The largest absolute Gasteiger partial charge is 0.421 e. The SMILES string of the molecule is CC(=O)C(=O)OOC(=O)C(N)CS. The molecule has 0 radical (unpaired) electrons. The van der Waals surface area contributed by atoms with E-state index in [-0.39, 0.29) is 5.75 Å². The normalized spacial score (nSPS) is 11.6. The van der Waals surface area contributed by atoms with Crippen LogP contribution in [0.5, 0.6) is 0 Å². The molecule has 13 heavy (non-hydrogen) atoms. The van der Waals surface area contributed by atoms with E-state index in [2.05, 4.69) is 22.4 Å². The van der Waals surface area contributed by atoms with Gasteiger partial charge in [0.2, 0.25) is 5.78 Å². The average molecular weight is 207 g/mol. The molecule has 7 heteroatoms. The van der Waals surface area contributed by atoms with Gasteiger partial charge in [0.1, 0.15) is 6.04 Å². The Kier molecular flexibility index (Phi) is 5.09. The summed E-state index contributed by atoms with van der Waals surface area (Å²) >= 11 is 3.71. The predicted molar refractivity (Wildman–Crippen MR) is 44.7 cm³/mol. The highest BCUT2D eigenvalue weighted by molar-refractivity contribution is 7.80. The van der Waals surface area contributed by atoms with Crippen molar-refractivity contribution < 1.29 is 24.2 Å². The number of carbonyl (C=O) groups excluding carboxylic acids is 3. The molecule has 1 atom stereocenters. The number of nitrogens with two attached hydrogens (primary N) is 1. The van der Waals surface area contributed by atoms with Gasteiger partial charge >= 0.3 is 11.9 Å². The smallest absolute Gasteiger partial charge is 0.318 e. The molecule has 0 aliphatic rings. The maximum absolute atomic E-state index is 10.7. The number of Topliss-reactive ketones (excluding diaryl/α,β-unsaturated/α-hetero) is 1. The molecule has 1 unspecified atom stereocenters. The van der Waals surface area contributed by atoms with Crippen LogP contribution in [0.25, 0.3) is 0 Å². The van der Waals surface area contributed by atoms with Crippen molar-refractivity contribution in [2.24, 2.45) is 5.73 Å². The molecule has 2 N–H and O–H groups in total. The second kappa shape index (κ2) is 5.55. The Hall–Kier alpha value is -1.08. The first kappa shape index (κ1) is 11.9. The summed E-state index contributed by atoms with van der Waals surface area (Å²) in [5.74, 6) is -3.02. The van der Waals surface area contributed by atoms with E-state index >= 15 is 0 Å². The van der Waals surface area contributed by atoms with Gasteiger partial charge in [-0.25, -0.2) is 19.4 Å². The predicted octanol–water partition coefficient (Wildman–Crippen LogP) is -1.17. The molecule has 0 bridgehead atoms. The van der Waals surface area contributed by atoms with Crippen LogP contribution < -0.4 is 5.73 Å². The zero-order valence-corrected chi connectivity index (χ0v) is 7.74. The number of hydrogen-bond donors (Lipinski definition) is 2. The molecule has 6 nitrogen and oxygen atoms in total. The molecule has 0 aromatic heterocycles. The summed E-state index contributed by atoms with van der Waals surface area (Å²) < 4.78 is 0. The lowest BCUT2D eigenvalue weighted by Crippen LogP contribution is -2.34. The van der Waals surface area contributed by atoms with Crippen LogP contribution in [0.3, 0.4) is 0 Å². The highest BCUT2D eigenvalue weighted by Gasteiger charge is 2.18. The molecule has 0 aromatic rings. The Labute approximate surface area is 79.7 Å². The first-order chi connectivity index (χ1) is 5.99. The van der Waals surface area contributed by atoms with Crippen LogP contribution in [-0.2, 0) is 24.2 Å². The standard InChI is InChI=1S/C6H9NO5S/c1-3(8)5(9)11-12-6(10)4(7)2-13/h4,13H,2,7H2,1H3. The fraction of sp³-hybridized carbons (Fsp3) is 0.500. The quantitative estimate of drug-likeness (QED) is 0.262. The minimum absolute atomic E-state index is 0.0520. The Balaban J connectivity index is 3.83. The van der Waals surface area contributed by atoms with Crippen molar-refractivity contribution in [3.63, 3.8) is 0 Å². The van der Waals surface area contributed by atoms with E-state index in [4.69, 9.17) is 5.73 Å². The van der Waals surface area contributed by atoms with E-state index in [1.54, 1.807) is 0 Å². The summed E-state index contributed by atoms with van der Waals surface area (Å²) in [4.78, 5) is 39.2. The highest BCUT2D eigenvalue weighted by Crippen LogP contribution is 1.91. The maximum Gasteiger partial charge on any atom is 0.421 e. The number of thiol groups is 1. The van der Waals surface area contributed by atoms with Crippen molar-refractivity contribution in [1.29, 1.82) is 0 Å². The monoisotopic (exact) mass is 207 g/mol. The zero-order valence-electron chi connectivity index (χ0n) is 6.85. The summed E-state index contributed by atoms with van der Waals surface area (Å²) in [5.41, 5.74) is 5.15. The van der Waals surface area contributed by atoms with Crippen molar-refractivity contribution in [3.8, 4) is 0 Å². The summed E-state index contributed by atoms with van der Waals surface area (Å²) in [6.07, 6.45) is 0. The lowest BCUT2D eigenvalue weighted by molar-refractivity contribution is -0.257. The van der Waals surface area contributed by atoms with Crippen LogP contribution in [0, 0.1) is 0 Å². The van der Waals surface area contributed by atoms with Crippen LogP contribution in [0.4, 0.5) is 0 Å². The van der Waals surface area contributed by atoms with Crippen LogP contribution in [0.2, 0.25) is 0 Å². The third-order valence-electron chi connectivity index (χ3n) is 0.986. The van der Waals surface area contributed by atoms with Gasteiger partial charge < -0.3 is 5.73 Å². The van der Waals surface area contributed by atoms with Gasteiger partial charge in [0.05, 0.1) is 0 Å². The van der Waals surface area contributed by atoms with E-state index < -0.39 is 23.8 Å². The Morgan fingerprint density at radius 1 is 1.38 bits per heavy atom. The Bertz CT molecular complexity index is 229. The van der Waals surface area contributed by atoms with E-state index in [0.717, 1.165) is 6.92 Å². The van der Waals surface area contributed by atoms with Crippen LogP contribution in [0.15, 0.2) is 0 Å². The molecule has 0 spiro atoms. The number of rotatable bonds is 3. The third kappa shape index (κ3) is 4.48. The lowest BCUT2D eigenvalue weighted by Gasteiger charge is -2.05. The minimum Gasteiger partial charge on any atom is -0.318 e. The molecule has 0 aliphatic heterocycles. The summed E-state index contributed by atoms with van der Waals surface area (Å²) in [6.45, 7) is 0.981. The molecule has 0 rings (SSSR count). The van der Waals surface area contributed by atoms with E-state index in [1.807, 2.05) is 0 Å². The van der Waals surface area contributed by atoms with Gasteiger partial charge in [0, 0.05) is 12.7 Å². The number of hydrogen-bond acceptors (Lipinski definition) is 7. The second-order valence-electron chi connectivity index (χ2n) is 2.12. The zero-order chi connectivity index (χ0) is 10.4. The lowest BCUT2D eigenvalue weighted by atomic mass is 10.4. The van der Waals surface area contributed by atoms with Crippen molar-refractivity contribution in [2.75, 3.05) is 5.75 Å². The fourth-order valence-corrected chi connectivity index (χ4v) is 0.423. The fourth-order valence-electron chi connectivity index (χ4n) is 0.274. The highest BCUT2D eigenvalue weighted by atomic mass is 32.1. The van der Waals surface area contributed by atoms with E-state index in [9.17, 15) is 14.4 Å². The van der Waals surface area contributed by atoms with Gasteiger partial charge in [-0.3, -0.25) is 4.79 Å². The van der Waals surface area contributed by atoms with E-state index in [1.165, 1.54) is 0 Å². The van der Waals surface area contributed by atoms with E-state index in [0.29, 0.717) is 0 Å². The molecule has 0 aliphatic carbocycles.